The molecule has 0 aromatic heterocycles. The van der Waals surface area contributed by atoms with E-state index in [1.807, 2.05) is 18.2 Å². The molecular weight excluding hydrogens is 326 g/mol. The van der Waals surface area contributed by atoms with E-state index < -0.39 is 0 Å². The molecular formula is C18H22BrNO. The number of aryl methyl sites for hydroxylation is 1. The van der Waals surface area contributed by atoms with Crippen molar-refractivity contribution in [2.75, 3.05) is 6.54 Å². The molecule has 2 N–H and O–H groups in total. The zero-order chi connectivity index (χ0) is 15.4. The van der Waals surface area contributed by atoms with Crippen molar-refractivity contribution in [3.8, 4) is 5.75 Å². The van der Waals surface area contributed by atoms with Gasteiger partial charge in [0.05, 0.1) is 0 Å². The van der Waals surface area contributed by atoms with Gasteiger partial charge in [0, 0.05) is 11.0 Å². The normalized spacial score (nSPS) is 12.5. The van der Waals surface area contributed by atoms with E-state index >= 15 is 0 Å². The van der Waals surface area contributed by atoms with Crippen LogP contribution in [-0.2, 0) is 0 Å². The Kier molecular flexibility index (Phi) is 5.43. The van der Waals surface area contributed by atoms with Crippen LogP contribution in [0.15, 0.2) is 46.9 Å². The van der Waals surface area contributed by atoms with E-state index in [1.165, 1.54) is 11.1 Å². The monoisotopic (exact) mass is 347 g/mol. The van der Waals surface area contributed by atoms with E-state index in [4.69, 9.17) is 10.5 Å². The maximum Gasteiger partial charge on any atom is 0.136 e. The molecule has 2 rings (SSSR count). The van der Waals surface area contributed by atoms with Crippen molar-refractivity contribution in [3.63, 3.8) is 0 Å². The van der Waals surface area contributed by atoms with Crippen LogP contribution in [-0.4, -0.2) is 6.54 Å². The van der Waals surface area contributed by atoms with Crippen molar-refractivity contribution in [1.29, 1.82) is 0 Å². The average Bonchev–Trinajstić information content (AvgIpc) is 2.44. The van der Waals surface area contributed by atoms with Gasteiger partial charge >= 0.3 is 0 Å². The average molecular weight is 348 g/mol. The molecule has 0 saturated carbocycles. The molecule has 0 amide bonds. The van der Waals surface area contributed by atoms with Gasteiger partial charge in [-0.3, -0.25) is 0 Å². The fourth-order valence-corrected chi connectivity index (χ4v) is 2.75. The van der Waals surface area contributed by atoms with E-state index in [0.29, 0.717) is 12.5 Å². The molecule has 0 aliphatic rings. The molecule has 1 unspecified atom stereocenters. The van der Waals surface area contributed by atoms with Crippen LogP contribution in [0.4, 0.5) is 0 Å². The topological polar surface area (TPSA) is 35.2 Å². The Balaban J connectivity index is 2.32. The van der Waals surface area contributed by atoms with Gasteiger partial charge in [-0.25, -0.2) is 0 Å². The molecule has 2 aromatic carbocycles. The first kappa shape index (κ1) is 16.1. The number of benzene rings is 2. The van der Waals surface area contributed by atoms with Crippen LogP contribution in [0.3, 0.4) is 0 Å². The molecule has 0 fully saturated rings. The predicted molar refractivity (Wildman–Crippen MR) is 91.8 cm³/mol. The van der Waals surface area contributed by atoms with E-state index in [2.05, 4.69) is 61.0 Å². The van der Waals surface area contributed by atoms with Crippen molar-refractivity contribution < 1.29 is 4.74 Å². The SMILES string of the molecule is Cc1ccc(C(C)C)c(OC(CN)c2cccc(Br)c2)c1. The summed E-state index contributed by atoms with van der Waals surface area (Å²) in [6, 6.07) is 14.5. The molecule has 112 valence electrons. The highest BCUT2D eigenvalue weighted by molar-refractivity contribution is 9.10. The molecule has 0 radical (unpaired) electrons. The van der Waals surface area contributed by atoms with Gasteiger partial charge < -0.3 is 10.5 Å². The lowest BCUT2D eigenvalue weighted by molar-refractivity contribution is 0.211. The van der Waals surface area contributed by atoms with Crippen molar-refractivity contribution in [2.24, 2.45) is 5.73 Å². The van der Waals surface area contributed by atoms with Crippen LogP contribution in [0, 0.1) is 6.92 Å². The fourth-order valence-electron chi connectivity index (χ4n) is 2.33. The standard InChI is InChI=1S/C18H22BrNO/c1-12(2)16-8-7-13(3)9-17(16)21-18(11-20)14-5-4-6-15(19)10-14/h4-10,12,18H,11,20H2,1-3H3. The second-order valence-corrected chi connectivity index (χ2v) is 6.51. The smallest absolute Gasteiger partial charge is 0.136 e. The van der Waals surface area contributed by atoms with Gasteiger partial charge in [0.2, 0.25) is 0 Å². The van der Waals surface area contributed by atoms with Gasteiger partial charge in [0.1, 0.15) is 11.9 Å². The summed E-state index contributed by atoms with van der Waals surface area (Å²) in [4.78, 5) is 0. The summed E-state index contributed by atoms with van der Waals surface area (Å²) in [5, 5.41) is 0. The first-order valence-corrected chi connectivity index (χ1v) is 8.03. The van der Waals surface area contributed by atoms with Gasteiger partial charge in [0.25, 0.3) is 0 Å². The Labute approximate surface area is 135 Å². The lowest BCUT2D eigenvalue weighted by Crippen LogP contribution is -2.19. The molecule has 0 aliphatic carbocycles. The fraction of sp³-hybridized carbons (Fsp3) is 0.333. The van der Waals surface area contributed by atoms with Crippen molar-refractivity contribution in [1.82, 2.24) is 0 Å². The Morgan fingerprint density at radius 3 is 2.52 bits per heavy atom. The summed E-state index contributed by atoms with van der Waals surface area (Å²) in [6.45, 7) is 6.87. The third-order valence-corrected chi connectivity index (χ3v) is 3.99. The van der Waals surface area contributed by atoms with Crippen molar-refractivity contribution in [3.05, 3.63) is 63.6 Å². The number of ether oxygens (including phenoxy) is 1. The molecule has 0 heterocycles. The number of halogens is 1. The molecule has 0 spiro atoms. The number of rotatable bonds is 5. The van der Waals surface area contributed by atoms with Gasteiger partial charge in [0.15, 0.2) is 0 Å². The minimum absolute atomic E-state index is 0.137. The number of hydrogen-bond acceptors (Lipinski definition) is 2. The van der Waals surface area contributed by atoms with Crippen LogP contribution in [0.5, 0.6) is 5.75 Å². The van der Waals surface area contributed by atoms with E-state index in [1.54, 1.807) is 0 Å². The van der Waals surface area contributed by atoms with Crippen LogP contribution in [0.25, 0.3) is 0 Å². The summed E-state index contributed by atoms with van der Waals surface area (Å²) in [6.07, 6.45) is -0.137. The Morgan fingerprint density at radius 2 is 1.90 bits per heavy atom. The molecule has 2 aromatic rings. The highest BCUT2D eigenvalue weighted by atomic mass is 79.9. The Bertz CT molecular complexity index is 610. The van der Waals surface area contributed by atoms with Crippen LogP contribution >= 0.6 is 15.9 Å². The summed E-state index contributed by atoms with van der Waals surface area (Å²) in [7, 11) is 0. The van der Waals surface area contributed by atoms with Crippen molar-refractivity contribution in [2.45, 2.75) is 32.8 Å². The number of nitrogens with two attached hydrogens (primary N) is 1. The second kappa shape index (κ2) is 7.10. The highest BCUT2D eigenvalue weighted by Crippen LogP contribution is 2.31. The van der Waals surface area contributed by atoms with Crippen LogP contribution in [0.1, 0.15) is 42.6 Å². The van der Waals surface area contributed by atoms with E-state index in [9.17, 15) is 0 Å². The largest absolute Gasteiger partial charge is 0.484 e. The van der Waals surface area contributed by atoms with Crippen LogP contribution in [0.2, 0.25) is 0 Å². The van der Waals surface area contributed by atoms with Gasteiger partial charge in [-0.05, 0) is 47.7 Å². The third kappa shape index (κ3) is 4.08. The number of hydrogen-bond donors (Lipinski definition) is 1. The molecule has 0 saturated heterocycles. The van der Waals surface area contributed by atoms with E-state index in [-0.39, 0.29) is 6.10 Å². The zero-order valence-corrected chi connectivity index (χ0v) is 14.4. The molecule has 3 heteroatoms. The lowest BCUT2D eigenvalue weighted by Gasteiger charge is -2.22. The minimum atomic E-state index is -0.137. The molecule has 0 aliphatic heterocycles. The lowest BCUT2D eigenvalue weighted by atomic mass is 10.0. The molecule has 0 bridgehead atoms. The van der Waals surface area contributed by atoms with Crippen molar-refractivity contribution >= 4 is 15.9 Å². The van der Waals surface area contributed by atoms with Gasteiger partial charge in [-0.15, -0.1) is 0 Å². The zero-order valence-electron chi connectivity index (χ0n) is 12.8. The summed E-state index contributed by atoms with van der Waals surface area (Å²) < 4.78 is 7.27. The summed E-state index contributed by atoms with van der Waals surface area (Å²) in [5.41, 5.74) is 9.42. The maximum atomic E-state index is 6.23. The molecule has 1 atom stereocenters. The Morgan fingerprint density at radius 1 is 1.14 bits per heavy atom. The quantitative estimate of drug-likeness (QED) is 0.829. The summed E-state index contributed by atoms with van der Waals surface area (Å²) >= 11 is 3.50. The first-order chi connectivity index (χ1) is 10.0. The van der Waals surface area contributed by atoms with Crippen LogP contribution < -0.4 is 10.5 Å². The van der Waals surface area contributed by atoms with Gasteiger partial charge in [-0.1, -0.05) is 54.0 Å². The molecule has 21 heavy (non-hydrogen) atoms. The first-order valence-electron chi connectivity index (χ1n) is 7.24. The highest BCUT2D eigenvalue weighted by Gasteiger charge is 2.15. The van der Waals surface area contributed by atoms with Gasteiger partial charge in [-0.2, -0.15) is 0 Å². The summed E-state index contributed by atoms with van der Waals surface area (Å²) in [5.74, 6) is 1.35. The Hall–Kier alpha value is -1.32. The predicted octanol–water partition coefficient (Wildman–Crippen LogP) is 4.96. The minimum Gasteiger partial charge on any atom is -0.484 e. The second-order valence-electron chi connectivity index (χ2n) is 5.59. The maximum absolute atomic E-state index is 6.23. The molecule has 2 nitrogen and oxygen atoms in total. The van der Waals surface area contributed by atoms with E-state index in [0.717, 1.165) is 15.8 Å². The third-order valence-electron chi connectivity index (χ3n) is 3.49.